The molecule has 0 heterocycles. The molecule has 12 heavy (non-hydrogen) atoms. The van der Waals surface area contributed by atoms with Crippen LogP contribution in [-0.4, -0.2) is 4.89 Å². The normalized spacial score (nSPS) is 14.1. The van der Waals surface area contributed by atoms with Crippen LogP contribution in [-0.2, 0) is 4.57 Å². The van der Waals surface area contributed by atoms with Crippen LogP contribution >= 0.6 is 35.6 Å². The Hall–Kier alpha value is 0.0500. The van der Waals surface area contributed by atoms with Gasteiger partial charge >= 0.3 is 8.03 Å². The van der Waals surface area contributed by atoms with Gasteiger partial charge < -0.3 is 0 Å². The van der Waals surface area contributed by atoms with Crippen LogP contribution in [0.3, 0.4) is 0 Å². The van der Waals surface area contributed by atoms with Crippen molar-refractivity contribution in [1.29, 1.82) is 0 Å². The Labute approximate surface area is 84.6 Å². The molecule has 0 aliphatic rings. The van der Waals surface area contributed by atoms with Gasteiger partial charge in [-0.05, 0) is 16.7 Å². The molecule has 0 spiro atoms. The second-order valence-corrected chi connectivity index (χ2v) is 4.97. The fourth-order valence-corrected chi connectivity index (χ4v) is 1.75. The third-order valence-corrected chi connectivity index (χ3v) is 3.25. The summed E-state index contributed by atoms with van der Waals surface area (Å²) >= 11 is 8.90. The number of alkyl halides is 1. The molecule has 64 valence electrons. The number of halogens is 2. The van der Waals surface area contributed by atoms with E-state index in [0.29, 0.717) is 5.56 Å². The quantitative estimate of drug-likeness (QED) is 0.659. The zero-order valence-electron chi connectivity index (χ0n) is 5.95. The van der Waals surface area contributed by atoms with E-state index in [9.17, 15) is 4.57 Å². The van der Waals surface area contributed by atoms with Gasteiger partial charge in [0.2, 0.25) is 0 Å². The smallest absolute Gasteiger partial charge is 0.159 e. The highest BCUT2D eigenvalue weighted by Crippen LogP contribution is 2.41. The minimum absolute atomic E-state index is 0.648. The lowest BCUT2D eigenvalue weighted by molar-refractivity contribution is 0.500. The topological polar surface area (TPSA) is 37.3 Å². The fourth-order valence-electron chi connectivity index (χ4n) is 0.782. The average molecular weight is 268 g/mol. The lowest BCUT2D eigenvalue weighted by Crippen LogP contribution is -1.83. The highest BCUT2D eigenvalue weighted by Gasteiger charge is 2.27. The molecular formula is C7H6BrClO2P+. The first-order chi connectivity index (χ1) is 5.61. The predicted octanol–water partition coefficient (Wildman–Crippen LogP) is 3.42. The summed E-state index contributed by atoms with van der Waals surface area (Å²) in [5, 5.41) is -0.822. The molecule has 1 rings (SSSR count). The summed E-state index contributed by atoms with van der Waals surface area (Å²) in [6.45, 7) is 0. The Bertz CT molecular complexity index is 305. The van der Waals surface area contributed by atoms with Crippen molar-refractivity contribution in [2.24, 2.45) is 0 Å². The van der Waals surface area contributed by atoms with Gasteiger partial charge in [-0.2, -0.15) is 4.89 Å². The van der Waals surface area contributed by atoms with Gasteiger partial charge in [-0.15, -0.1) is 0 Å². The molecule has 1 N–H and O–H groups in total. The van der Waals surface area contributed by atoms with Crippen molar-refractivity contribution in [3.63, 3.8) is 0 Å². The molecule has 5 heteroatoms. The Kier molecular flexibility index (Phi) is 3.66. The second kappa shape index (κ2) is 4.33. The minimum atomic E-state index is -2.36. The van der Waals surface area contributed by atoms with Crippen molar-refractivity contribution < 1.29 is 9.46 Å². The SMILES string of the molecule is O=[P+](O)C(Cl)c1cccc(Br)c1. The first-order valence-electron chi connectivity index (χ1n) is 3.16. The first kappa shape index (κ1) is 10.1. The summed E-state index contributed by atoms with van der Waals surface area (Å²) < 4.78 is 11.5. The minimum Gasteiger partial charge on any atom is -0.159 e. The maximum absolute atomic E-state index is 10.6. The number of hydrogen-bond donors (Lipinski definition) is 1. The van der Waals surface area contributed by atoms with Crippen LogP contribution < -0.4 is 0 Å². The van der Waals surface area contributed by atoms with Crippen LogP contribution in [0.15, 0.2) is 28.7 Å². The molecule has 1 aromatic carbocycles. The van der Waals surface area contributed by atoms with E-state index in [-0.39, 0.29) is 0 Å². The van der Waals surface area contributed by atoms with E-state index < -0.39 is 13.1 Å². The molecule has 2 nitrogen and oxygen atoms in total. The average Bonchev–Trinajstić information content (AvgIpc) is 2.03. The summed E-state index contributed by atoms with van der Waals surface area (Å²) in [5.41, 5.74) is 0.648. The van der Waals surface area contributed by atoms with E-state index in [0.717, 1.165) is 4.47 Å². The largest absolute Gasteiger partial charge is 0.530 e. The number of benzene rings is 1. The number of rotatable bonds is 2. The second-order valence-electron chi connectivity index (χ2n) is 2.19. The zero-order valence-corrected chi connectivity index (χ0v) is 9.18. The Balaban J connectivity index is 2.95. The standard InChI is InChI=1S/C7H5BrClO2P/c8-6-3-1-2-5(4-6)7(9)12(10)11/h1-4,7H/p+1. The van der Waals surface area contributed by atoms with E-state index in [4.69, 9.17) is 16.5 Å². The van der Waals surface area contributed by atoms with Gasteiger partial charge in [-0.3, -0.25) is 0 Å². The van der Waals surface area contributed by atoms with Crippen molar-refractivity contribution in [2.45, 2.75) is 5.12 Å². The molecule has 2 unspecified atom stereocenters. The van der Waals surface area contributed by atoms with Crippen molar-refractivity contribution >= 4 is 35.6 Å². The van der Waals surface area contributed by atoms with E-state index in [1.807, 2.05) is 6.07 Å². The molecule has 0 bridgehead atoms. The van der Waals surface area contributed by atoms with E-state index in [1.54, 1.807) is 18.2 Å². The van der Waals surface area contributed by atoms with Gasteiger partial charge in [0, 0.05) is 10.0 Å². The zero-order chi connectivity index (χ0) is 9.14. The van der Waals surface area contributed by atoms with Gasteiger partial charge in [0.15, 0.2) is 0 Å². The van der Waals surface area contributed by atoms with E-state index in [2.05, 4.69) is 15.9 Å². The van der Waals surface area contributed by atoms with Crippen molar-refractivity contribution in [3.8, 4) is 0 Å². The molecule has 0 aliphatic heterocycles. The summed E-state index contributed by atoms with van der Waals surface area (Å²) in [6.07, 6.45) is 0. The van der Waals surface area contributed by atoms with Gasteiger partial charge in [-0.1, -0.05) is 39.7 Å². The summed E-state index contributed by atoms with van der Waals surface area (Å²) in [7, 11) is -2.36. The maximum Gasteiger partial charge on any atom is 0.530 e. The Morgan fingerprint density at radius 2 is 2.25 bits per heavy atom. The molecule has 2 atom stereocenters. The van der Waals surface area contributed by atoms with Gasteiger partial charge in [0.25, 0.3) is 5.12 Å². The van der Waals surface area contributed by atoms with Crippen molar-refractivity contribution in [1.82, 2.24) is 0 Å². The van der Waals surface area contributed by atoms with Crippen LogP contribution in [0.1, 0.15) is 10.7 Å². The summed E-state index contributed by atoms with van der Waals surface area (Å²) in [4.78, 5) is 8.73. The van der Waals surface area contributed by atoms with Gasteiger partial charge in [-0.25, -0.2) is 0 Å². The third-order valence-electron chi connectivity index (χ3n) is 1.32. The van der Waals surface area contributed by atoms with Crippen molar-refractivity contribution in [2.75, 3.05) is 0 Å². The molecule has 0 aromatic heterocycles. The fraction of sp³-hybridized carbons (Fsp3) is 0.143. The van der Waals surface area contributed by atoms with Crippen LogP contribution in [0.2, 0.25) is 0 Å². The van der Waals surface area contributed by atoms with Crippen LogP contribution in [0, 0.1) is 0 Å². The van der Waals surface area contributed by atoms with Gasteiger partial charge in [0.1, 0.15) is 0 Å². The molecule has 0 radical (unpaired) electrons. The molecule has 0 aliphatic carbocycles. The molecule has 1 aromatic rings. The maximum atomic E-state index is 10.6. The van der Waals surface area contributed by atoms with Crippen LogP contribution in [0.4, 0.5) is 0 Å². The highest BCUT2D eigenvalue weighted by atomic mass is 79.9. The van der Waals surface area contributed by atoms with Crippen molar-refractivity contribution in [3.05, 3.63) is 34.3 Å². The van der Waals surface area contributed by atoms with Crippen LogP contribution in [0.5, 0.6) is 0 Å². The Morgan fingerprint density at radius 1 is 1.58 bits per heavy atom. The number of hydrogen-bond acceptors (Lipinski definition) is 1. The Morgan fingerprint density at radius 3 is 2.75 bits per heavy atom. The van der Waals surface area contributed by atoms with Crippen LogP contribution in [0.25, 0.3) is 0 Å². The monoisotopic (exact) mass is 267 g/mol. The molecular weight excluding hydrogens is 262 g/mol. The summed E-state index contributed by atoms with van der Waals surface area (Å²) in [6, 6.07) is 7.04. The molecule has 0 saturated carbocycles. The molecule has 0 fully saturated rings. The predicted molar refractivity (Wildman–Crippen MR) is 52.6 cm³/mol. The lowest BCUT2D eigenvalue weighted by atomic mass is 10.2. The molecule has 0 saturated heterocycles. The molecule has 0 amide bonds. The summed E-state index contributed by atoms with van der Waals surface area (Å²) in [5.74, 6) is 0. The highest BCUT2D eigenvalue weighted by molar-refractivity contribution is 9.10. The first-order valence-corrected chi connectivity index (χ1v) is 5.67. The van der Waals surface area contributed by atoms with E-state index >= 15 is 0 Å². The van der Waals surface area contributed by atoms with E-state index in [1.165, 1.54) is 0 Å². The lowest BCUT2D eigenvalue weighted by Gasteiger charge is -1.96. The third kappa shape index (κ3) is 2.53. The van der Waals surface area contributed by atoms with Gasteiger partial charge in [0.05, 0.1) is 0 Å².